The highest BCUT2D eigenvalue weighted by molar-refractivity contribution is 5.79. The summed E-state index contributed by atoms with van der Waals surface area (Å²) in [5, 5.41) is 4.41. The minimum Gasteiger partial charge on any atom is -0.332 e. The van der Waals surface area contributed by atoms with Gasteiger partial charge in [-0.05, 0) is 32.9 Å². The number of rotatable bonds is 4. The van der Waals surface area contributed by atoms with Gasteiger partial charge in [-0.2, -0.15) is 5.10 Å². The number of likely N-dealkylation sites (tertiary alicyclic amines) is 1. The molecule has 0 bridgehead atoms. The molecule has 0 spiro atoms. The van der Waals surface area contributed by atoms with E-state index in [2.05, 4.69) is 22.0 Å². The predicted octanol–water partition coefficient (Wildman–Crippen LogP) is 1.97. The van der Waals surface area contributed by atoms with Gasteiger partial charge in [0.05, 0.1) is 24.2 Å². The predicted molar refractivity (Wildman–Crippen MR) is 102 cm³/mol. The minimum absolute atomic E-state index is 0.00395. The van der Waals surface area contributed by atoms with Gasteiger partial charge in [0.15, 0.2) is 5.82 Å². The molecule has 2 atom stereocenters. The smallest absolute Gasteiger partial charge is 0.227 e. The van der Waals surface area contributed by atoms with Crippen molar-refractivity contribution in [2.75, 3.05) is 20.1 Å². The SMILES string of the molecule is Cc1ccn(CC(C)C(=O)N2CCCC2c2ncc3c(n2)CCN(C)C3)n1. The highest BCUT2D eigenvalue weighted by Gasteiger charge is 2.34. The van der Waals surface area contributed by atoms with Crippen LogP contribution in [0.25, 0.3) is 0 Å². The quantitative estimate of drug-likeness (QED) is 0.825. The molecule has 1 fully saturated rings. The van der Waals surface area contributed by atoms with Gasteiger partial charge < -0.3 is 9.80 Å². The summed E-state index contributed by atoms with van der Waals surface area (Å²) in [5.74, 6) is 0.870. The second-order valence-corrected chi connectivity index (χ2v) is 7.96. The number of nitrogens with zero attached hydrogens (tertiary/aromatic N) is 6. The summed E-state index contributed by atoms with van der Waals surface area (Å²) in [6.45, 7) is 7.27. The van der Waals surface area contributed by atoms with E-state index < -0.39 is 0 Å². The number of aryl methyl sites for hydroxylation is 1. The first-order valence-electron chi connectivity index (χ1n) is 9.85. The minimum atomic E-state index is -0.115. The van der Waals surface area contributed by atoms with Crippen LogP contribution in [-0.2, 0) is 24.3 Å². The van der Waals surface area contributed by atoms with Gasteiger partial charge in [-0.15, -0.1) is 0 Å². The molecular weight excluding hydrogens is 340 g/mol. The Kier molecular flexibility index (Phi) is 4.95. The number of hydrogen-bond donors (Lipinski definition) is 0. The van der Waals surface area contributed by atoms with Gasteiger partial charge in [-0.1, -0.05) is 6.92 Å². The maximum absolute atomic E-state index is 13.1. The molecule has 1 saturated heterocycles. The molecule has 144 valence electrons. The fourth-order valence-electron chi connectivity index (χ4n) is 4.14. The fraction of sp³-hybridized carbons (Fsp3) is 0.600. The molecule has 2 unspecified atom stereocenters. The number of carbonyl (C=O) groups excluding carboxylic acids is 1. The van der Waals surface area contributed by atoms with E-state index in [1.807, 2.05) is 41.9 Å². The van der Waals surface area contributed by atoms with Gasteiger partial charge in [0.1, 0.15) is 0 Å². The monoisotopic (exact) mass is 368 g/mol. The average Bonchev–Trinajstić information content (AvgIpc) is 3.29. The van der Waals surface area contributed by atoms with E-state index in [1.165, 1.54) is 5.56 Å². The molecule has 2 aromatic heterocycles. The van der Waals surface area contributed by atoms with Crippen LogP contribution in [-0.4, -0.2) is 55.6 Å². The summed E-state index contributed by atoms with van der Waals surface area (Å²) in [7, 11) is 2.12. The van der Waals surface area contributed by atoms with E-state index in [-0.39, 0.29) is 17.9 Å². The van der Waals surface area contributed by atoms with Crippen LogP contribution in [0.4, 0.5) is 0 Å². The molecule has 4 rings (SSSR count). The molecule has 7 nitrogen and oxygen atoms in total. The molecule has 2 aliphatic rings. The lowest BCUT2D eigenvalue weighted by molar-refractivity contribution is -0.136. The summed E-state index contributed by atoms with van der Waals surface area (Å²) in [6, 6.07) is 1.97. The Balaban J connectivity index is 1.49. The van der Waals surface area contributed by atoms with E-state index in [9.17, 15) is 4.79 Å². The van der Waals surface area contributed by atoms with Crippen molar-refractivity contribution < 1.29 is 4.79 Å². The Hall–Kier alpha value is -2.28. The summed E-state index contributed by atoms with van der Waals surface area (Å²) in [6.07, 6.45) is 6.80. The molecule has 2 aliphatic heterocycles. The van der Waals surface area contributed by atoms with E-state index in [0.717, 1.165) is 56.1 Å². The Morgan fingerprint density at radius 3 is 3.00 bits per heavy atom. The zero-order chi connectivity index (χ0) is 19.0. The van der Waals surface area contributed by atoms with Crippen LogP contribution < -0.4 is 0 Å². The van der Waals surface area contributed by atoms with Crippen molar-refractivity contribution >= 4 is 5.91 Å². The van der Waals surface area contributed by atoms with Crippen LogP contribution in [0, 0.1) is 12.8 Å². The number of likely N-dealkylation sites (N-methyl/N-ethyl adjacent to an activating group) is 1. The second kappa shape index (κ2) is 7.38. The van der Waals surface area contributed by atoms with Crippen molar-refractivity contribution in [2.45, 2.75) is 52.2 Å². The normalized spacial score (nSPS) is 21.3. The number of amides is 1. The van der Waals surface area contributed by atoms with Gasteiger partial charge in [-0.3, -0.25) is 9.48 Å². The third kappa shape index (κ3) is 3.74. The van der Waals surface area contributed by atoms with Gasteiger partial charge in [-0.25, -0.2) is 9.97 Å². The number of carbonyl (C=O) groups is 1. The Morgan fingerprint density at radius 1 is 1.37 bits per heavy atom. The van der Waals surface area contributed by atoms with Crippen LogP contribution in [0.1, 0.15) is 48.6 Å². The second-order valence-electron chi connectivity index (χ2n) is 7.96. The molecule has 1 amide bonds. The van der Waals surface area contributed by atoms with Crippen molar-refractivity contribution in [1.29, 1.82) is 0 Å². The molecule has 0 radical (unpaired) electrons. The van der Waals surface area contributed by atoms with Gasteiger partial charge in [0.2, 0.25) is 5.91 Å². The first kappa shape index (κ1) is 18.1. The zero-order valence-corrected chi connectivity index (χ0v) is 16.4. The highest BCUT2D eigenvalue weighted by atomic mass is 16.2. The average molecular weight is 368 g/mol. The molecule has 0 aromatic carbocycles. The van der Waals surface area contributed by atoms with E-state index in [4.69, 9.17) is 4.98 Å². The highest BCUT2D eigenvalue weighted by Crippen LogP contribution is 2.32. The number of aromatic nitrogens is 4. The molecular formula is C20H28N6O. The van der Waals surface area contributed by atoms with E-state index >= 15 is 0 Å². The van der Waals surface area contributed by atoms with E-state index in [1.54, 1.807) is 0 Å². The third-order valence-electron chi connectivity index (χ3n) is 5.63. The fourth-order valence-corrected chi connectivity index (χ4v) is 4.14. The Morgan fingerprint density at radius 2 is 2.22 bits per heavy atom. The molecule has 2 aromatic rings. The Bertz CT molecular complexity index is 832. The van der Waals surface area contributed by atoms with Crippen LogP contribution >= 0.6 is 0 Å². The Labute approximate surface area is 160 Å². The topological polar surface area (TPSA) is 67.2 Å². The van der Waals surface area contributed by atoms with Crippen molar-refractivity contribution in [3.05, 3.63) is 41.2 Å². The summed E-state index contributed by atoms with van der Waals surface area (Å²) in [4.78, 5) is 26.9. The largest absolute Gasteiger partial charge is 0.332 e. The van der Waals surface area contributed by atoms with Crippen molar-refractivity contribution in [3.8, 4) is 0 Å². The first-order valence-corrected chi connectivity index (χ1v) is 9.85. The zero-order valence-electron chi connectivity index (χ0n) is 16.4. The third-order valence-corrected chi connectivity index (χ3v) is 5.63. The van der Waals surface area contributed by atoms with Crippen molar-refractivity contribution in [3.63, 3.8) is 0 Å². The molecule has 7 heteroatoms. The lowest BCUT2D eigenvalue weighted by atomic mass is 10.1. The van der Waals surface area contributed by atoms with Crippen LogP contribution in [0.15, 0.2) is 18.5 Å². The molecule has 4 heterocycles. The lowest BCUT2D eigenvalue weighted by Gasteiger charge is -2.28. The van der Waals surface area contributed by atoms with Gasteiger partial charge in [0.25, 0.3) is 0 Å². The van der Waals surface area contributed by atoms with Crippen molar-refractivity contribution in [1.82, 2.24) is 29.5 Å². The van der Waals surface area contributed by atoms with Crippen LogP contribution in [0.2, 0.25) is 0 Å². The molecule has 0 aliphatic carbocycles. The van der Waals surface area contributed by atoms with Crippen LogP contribution in [0.5, 0.6) is 0 Å². The summed E-state index contributed by atoms with van der Waals surface area (Å²) < 4.78 is 1.86. The number of hydrogen-bond acceptors (Lipinski definition) is 5. The van der Waals surface area contributed by atoms with E-state index in [0.29, 0.717) is 6.54 Å². The molecule has 0 N–H and O–H groups in total. The summed E-state index contributed by atoms with van der Waals surface area (Å²) >= 11 is 0. The number of fused-ring (bicyclic) bond motifs is 1. The molecule has 0 saturated carbocycles. The lowest BCUT2D eigenvalue weighted by Crippen LogP contribution is -2.37. The van der Waals surface area contributed by atoms with Gasteiger partial charge in [0, 0.05) is 49.7 Å². The summed E-state index contributed by atoms with van der Waals surface area (Å²) in [5.41, 5.74) is 3.34. The van der Waals surface area contributed by atoms with Gasteiger partial charge >= 0.3 is 0 Å². The maximum atomic E-state index is 13.1. The van der Waals surface area contributed by atoms with Crippen LogP contribution in [0.3, 0.4) is 0 Å². The standard InChI is InChI=1S/C20H28N6O/c1-14(12-25-10-6-15(2)23-25)20(27)26-8-4-5-18(26)19-21-11-16-13-24(3)9-7-17(16)22-19/h6,10-11,14,18H,4-5,7-9,12-13H2,1-3H3. The molecule has 27 heavy (non-hydrogen) atoms. The van der Waals surface area contributed by atoms with Crippen molar-refractivity contribution in [2.24, 2.45) is 5.92 Å². The first-order chi connectivity index (χ1) is 13.0. The maximum Gasteiger partial charge on any atom is 0.227 e.